The lowest BCUT2D eigenvalue weighted by Crippen LogP contribution is -2.25. The highest BCUT2D eigenvalue weighted by Crippen LogP contribution is 2.21. The fraction of sp³-hybridized carbons (Fsp3) is 0.400. The fourth-order valence-corrected chi connectivity index (χ4v) is 2.90. The molecule has 0 bridgehead atoms. The summed E-state index contributed by atoms with van der Waals surface area (Å²) >= 11 is 0. The first-order chi connectivity index (χ1) is 9.42. The Morgan fingerprint density at radius 3 is 1.86 bits per heavy atom. The Bertz CT molecular complexity index is 681. The number of benzene rings is 1. The van der Waals surface area contributed by atoms with Gasteiger partial charge < -0.3 is 0 Å². The van der Waals surface area contributed by atoms with E-state index in [1.54, 1.807) is 0 Å². The predicted octanol–water partition coefficient (Wildman–Crippen LogP) is 1.97. The molecule has 0 fully saturated rings. The summed E-state index contributed by atoms with van der Waals surface area (Å²) in [5.41, 5.74) is 0. The zero-order valence-corrected chi connectivity index (χ0v) is 12.0. The van der Waals surface area contributed by atoms with Crippen molar-refractivity contribution < 1.29 is 33.9 Å². The number of halogens is 4. The maximum Gasteiger partial charge on any atom is 0.389 e. The van der Waals surface area contributed by atoms with Crippen molar-refractivity contribution in [1.29, 1.82) is 0 Å². The van der Waals surface area contributed by atoms with E-state index in [1.807, 2.05) is 4.72 Å². The first-order valence-electron chi connectivity index (χ1n) is 5.53. The summed E-state index contributed by atoms with van der Waals surface area (Å²) < 4.78 is 94.7. The molecule has 1 aromatic carbocycles. The Labute approximate surface area is 119 Å². The standard InChI is InChI=1S/C10H11F4NO4S2/c11-10(12,13)6-1-7-15-21(18,19)9-4-2-8(3-5-9)20(14,16)17/h2-5,15H,1,6-7H2. The van der Waals surface area contributed by atoms with Crippen molar-refractivity contribution in [2.24, 2.45) is 0 Å². The number of hydrogen-bond acceptors (Lipinski definition) is 4. The van der Waals surface area contributed by atoms with E-state index in [1.165, 1.54) is 0 Å². The predicted molar refractivity (Wildman–Crippen MR) is 65.2 cm³/mol. The van der Waals surface area contributed by atoms with Crippen molar-refractivity contribution in [3.05, 3.63) is 24.3 Å². The SMILES string of the molecule is O=S(=O)(F)c1ccc(S(=O)(=O)NCCCC(F)(F)F)cc1. The monoisotopic (exact) mass is 349 g/mol. The molecule has 0 heterocycles. The van der Waals surface area contributed by atoms with Gasteiger partial charge in [0.2, 0.25) is 10.0 Å². The zero-order chi connectivity index (χ0) is 16.3. The van der Waals surface area contributed by atoms with Gasteiger partial charge >= 0.3 is 16.4 Å². The van der Waals surface area contributed by atoms with Crippen molar-refractivity contribution in [3.8, 4) is 0 Å². The zero-order valence-electron chi connectivity index (χ0n) is 10.4. The summed E-state index contributed by atoms with van der Waals surface area (Å²) in [5, 5.41) is 0. The molecular formula is C10H11F4NO4S2. The van der Waals surface area contributed by atoms with Crippen LogP contribution < -0.4 is 4.72 Å². The van der Waals surface area contributed by atoms with Gasteiger partial charge in [0.05, 0.1) is 9.79 Å². The van der Waals surface area contributed by atoms with Gasteiger partial charge in [-0.2, -0.15) is 21.6 Å². The number of sulfonamides is 1. The van der Waals surface area contributed by atoms with Crippen molar-refractivity contribution in [1.82, 2.24) is 4.72 Å². The largest absolute Gasteiger partial charge is 0.389 e. The number of rotatable bonds is 6. The molecule has 5 nitrogen and oxygen atoms in total. The number of alkyl halides is 3. The van der Waals surface area contributed by atoms with Crippen molar-refractivity contribution in [2.45, 2.75) is 28.8 Å². The van der Waals surface area contributed by atoms with Crippen LogP contribution >= 0.6 is 0 Å². The van der Waals surface area contributed by atoms with Crippen LogP contribution in [-0.4, -0.2) is 29.6 Å². The van der Waals surface area contributed by atoms with Gasteiger partial charge in [-0.1, -0.05) is 0 Å². The van der Waals surface area contributed by atoms with E-state index in [0.29, 0.717) is 0 Å². The summed E-state index contributed by atoms with van der Waals surface area (Å²) in [6.07, 6.45) is -5.93. The second-order valence-corrected chi connectivity index (χ2v) is 7.14. The van der Waals surface area contributed by atoms with E-state index in [-0.39, 0.29) is 4.90 Å². The third-order valence-electron chi connectivity index (χ3n) is 2.34. The Morgan fingerprint density at radius 1 is 0.952 bits per heavy atom. The van der Waals surface area contributed by atoms with Crippen LogP contribution in [0.1, 0.15) is 12.8 Å². The highest BCUT2D eigenvalue weighted by Gasteiger charge is 2.26. The second kappa shape index (κ2) is 6.28. The lowest BCUT2D eigenvalue weighted by Gasteiger charge is -2.08. The molecule has 0 saturated carbocycles. The smallest absolute Gasteiger partial charge is 0.211 e. The third kappa shape index (κ3) is 5.98. The molecule has 0 spiro atoms. The number of hydrogen-bond donors (Lipinski definition) is 1. The average molecular weight is 349 g/mol. The molecule has 11 heteroatoms. The van der Waals surface area contributed by atoms with Gasteiger partial charge in [0.25, 0.3) is 0 Å². The second-order valence-electron chi connectivity index (χ2n) is 4.03. The molecule has 0 aromatic heterocycles. The van der Waals surface area contributed by atoms with E-state index in [0.717, 1.165) is 24.3 Å². The highest BCUT2D eigenvalue weighted by molar-refractivity contribution is 7.89. The fourth-order valence-electron chi connectivity index (χ4n) is 1.36. The van der Waals surface area contributed by atoms with Crippen molar-refractivity contribution in [3.63, 3.8) is 0 Å². The molecule has 0 atom stereocenters. The summed E-state index contributed by atoms with van der Waals surface area (Å²) in [6.45, 7) is -0.426. The quantitative estimate of drug-likeness (QED) is 0.484. The molecular weight excluding hydrogens is 338 g/mol. The topological polar surface area (TPSA) is 80.3 Å². The van der Waals surface area contributed by atoms with E-state index < -0.39 is 50.7 Å². The van der Waals surface area contributed by atoms with Crippen molar-refractivity contribution >= 4 is 20.2 Å². The van der Waals surface area contributed by atoms with Gasteiger partial charge in [0, 0.05) is 13.0 Å². The first-order valence-corrected chi connectivity index (χ1v) is 8.40. The van der Waals surface area contributed by atoms with Crippen LogP contribution in [0, 0.1) is 0 Å². The Balaban J connectivity index is 2.71. The molecule has 0 aliphatic heterocycles. The van der Waals surface area contributed by atoms with Crippen LogP contribution in [0.3, 0.4) is 0 Å². The summed E-state index contributed by atoms with van der Waals surface area (Å²) in [7, 11) is -9.02. The Morgan fingerprint density at radius 2 is 1.43 bits per heavy atom. The molecule has 1 aromatic rings. The van der Waals surface area contributed by atoms with Gasteiger partial charge in [0.1, 0.15) is 0 Å². The van der Waals surface area contributed by atoms with Crippen LogP contribution in [0.15, 0.2) is 34.1 Å². The molecule has 0 unspecified atom stereocenters. The van der Waals surface area contributed by atoms with E-state index in [2.05, 4.69) is 0 Å². The number of nitrogens with one attached hydrogen (secondary N) is 1. The van der Waals surface area contributed by atoms with Gasteiger partial charge in [-0.15, -0.1) is 3.89 Å². The Kier molecular flexibility index (Phi) is 5.34. The lowest BCUT2D eigenvalue weighted by molar-refractivity contribution is -0.135. The molecule has 21 heavy (non-hydrogen) atoms. The molecule has 0 aliphatic carbocycles. The van der Waals surface area contributed by atoms with Gasteiger partial charge in [-0.05, 0) is 30.7 Å². The van der Waals surface area contributed by atoms with E-state index in [9.17, 15) is 33.9 Å². The highest BCUT2D eigenvalue weighted by atomic mass is 32.3. The summed E-state index contributed by atoms with van der Waals surface area (Å²) in [4.78, 5) is -1.08. The molecule has 1 rings (SSSR count). The summed E-state index contributed by atoms with van der Waals surface area (Å²) in [6, 6.07) is 3.19. The average Bonchev–Trinajstić information content (AvgIpc) is 2.33. The minimum atomic E-state index is -4.94. The van der Waals surface area contributed by atoms with Crippen LogP contribution in [0.4, 0.5) is 17.1 Å². The maximum atomic E-state index is 12.6. The normalized spacial score (nSPS) is 13.3. The van der Waals surface area contributed by atoms with E-state index >= 15 is 0 Å². The minimum Gasteiger partial charge on any atom is -0.211 e. The molecule has 0 radical (unpaired) electrons. The maximum absolute atomic E-state index is 12.6. The molecule has 0 amide bonds. The summed E-state index contributed by atoms with van der Waals surface area (Å²) in [5.74, 6) is 0. The van der Waals surface area contributed by atoms with Crippen LogP contribution in [0.2, 0.25) is 0 Å². The molecule has 1 N–H and O–H groups in total. The molecule has 0 saturated heterocycles. The van der Waals surface area contributed by atoms with Crippen LogP contribution in [-0.2, 0) is 20.2 Å². The van der Waals surface area contributed by atoms with Crippen molar-refractivity contribution in [2.75, 3.05) is 6.54 Å². The van der Waals surface area contributed by atoms with E-state index in [4.69, 9.17) is 0 Å². The Hall–Kier alpha value is -1.20. The third-order valence-corrected chi connectivity index (χ3v) is 4.66. The van der Waals surface area contributed by atoms with Gasteiger partial charge in [-0.25, -0.2) is 13.1 Å². The minimum absolute atomic E-state index is 0.373. The molecule has 120 valence electrons. The van der Waals surface area contributed by atoms with Crippen LogP contribution in [0.5, 0.6) is 0 Å². The lowest BCUT2D eigenvalue weighted by atomic mass is 10.3. The van der Waals surface area contributed by atoms with Gasteiger partial charge in [-0.3, -0.25) is 0 Å². The first kappa shape index (κ1) is 17.9. The van der Waals surface area contributed by atoms with Gasteiger partial charge in [0.15, 0.2) is 0 Å². The molecule has 0 aliphatic rings. The van der Waals surface area contributed by atoms with Crippen LogP contribution in [0.25, 0.3) is 0 Å².